The van der Waals surface area contributed by atoms with Crippen LogP contribution in [0.2, 0.25) is 15.1 Å². The third-order valence-electron chi connectivity index (χ3n) is 5.15. The van der Waals surface area contributed by atoms with Gasteiger partial charge in [0.05, 0.1) is 42.3 Å². The summed E-state index contributed by atoms with van der Waals surface area (Å²) in [6, 6.07) is 24.2. The molecule has 0 unspecified atom stereocenters. The number of hydrogen-bond donors (Lipinski definition) is 0. The SMILES string of the molecule is COC(=O)c1cc(-c2ccc(Cl)cc2Cl)n(-c2ccc(Cl)cc2)c1COCc1ccccc1. The first-order valence-electron chi connectivity index (χ1n) is 10.1. The van der Waals surface area contributed by atoms with E-state index in [1.165, 1.54) is 7.11 Å². The fourth-order valence-electron chi connectivity index (χ4n) is 3.60. The largest absolute Gasteiger partial charge is 0.465 e. The lowest BCUT2D eigenvalue weighted by molar-refractivity contribution is 0.0588. The molecule has 0 fully saturated rings. The van der Waals surface area contributed by atoms with Crippen LogP contribution in [0.1, 0.15) is 21.6 Å². The molecule has 0 saturated heterocycles. The van der Waals surface area contributed by atoms with E-state index < -0.39 is 5.97 Å². The topological polar surface area (TPSA) is 40.5 Å². The van der Waals surface area contributed by atoms with Gasteiger partial charge in [-0.3, -0.25) is 0 Å². The Bertz CT molecular complexity index is 1270. The van der Waals surface area contributed by atoms with E-state index in [9.17, 15) is 4.79 Å². The first kappa shape index (κ1) is 23.4. The van der Waals surface area contributed by atoms with Gasteiger partial charge in [0.25, 0.3) is 0 Å². The number of esters is 1. The Labute approximate surface area is 207 Å². The second kappa shape index (κ2) is 10.4. The molecule has 0 aliphatic heterocycles. The Kier molecular flexibility index (Phi) is 7.41. The highest BCUT2D eigenvalue weighted by atomic mass is 35.5. The minimum absolute atomic E-state index is 0.174. The first-order chi connectivity index (χ1) is 16.0. The van der Waals surface area contributed by atoms with E-state index in [1.807, 2.05) is 53.1 Å². The molecule has 0 radical (unpaired) electrons. The zero-order valence-corrected chi connectivity index (χ0v) is 20.0. The quantitative estimate of drug-likeness (QED) is 0.245. The van der Waals surface area contributed by atoms with Crippen LogP contribution in [0.5, 0.6) is 0 Å². The fourth-order valence-corrected chi connectivity index (χ4v) is 4.23. The number of carbonyl (C=O) groups is 1. The molecule has 0 amide bonds. The Balaban J connectivity index is 1.85. The van der Waals surface area contributed by atoms with Crippen LogP contribution in [-0.4, -0.2) is 17.6 Å². The standard InChI is InChI=1S/C26H20Cl3NO3/c1-32-26(31)22-14-24(21-12-9-19(28)13-23(21)29)30(20-10-7-18(27)8-11-20)25(22)16-33-15-17-5-3-2-4-6-17/h2-14H,15-16H2,1H3. The monoisotopic (exact) mass is 499 g/mol. The van der Waals surface area contributed by atoms with Gasteiger partial charge in [0, 0.05) is 21.3 Å². The number of benzene rings is 3. The van der Waals surface area contributed by atoms with Crippen molar-refractivity contribution in [1.29, 1.82) is 0 Å². The molecule has 168 valence electrons. The summed E-state index contributed by atoms with van der Waals surface area (Å²) in [5.41, 5.74) is 4.28. The second-order valence-corrected chi connectivity index (χ2v) is 8.58. The van der Waals surface area contributed by atoms with Crippen molar-refractivity contribution in [3.63, 3.8) is 0 Å². The summed E-state index contributed by atoms with van der Waals surface area (Å²) in [7, 11) is 1.35. The number of carbonyl (C=O) groups excluding carboxylic acids is 1. The summed E-state index contributed by atoms with van der Waals surface area (Å²) in [4.78, 5) is 12.7. The highest BCUT2D eigenvalue weighted by Crippen LogP contribution is 2.36. The summed E-state index contributed by atoms with van der Waals surface area (Å²) >= 11 is 18.8. The van der Waals surface area contributed by atoms with Gasteiger partial charge in [0.15, 0.2) is 0 Å². The van der Waals surface area contributed by atoms with Crippen LogP contribution in [-0.2, 0) is 22.7 Å². The predicted octanol–water partition coefficient (Wildman–Crippen LogP) is 7.61. The molecule has 0 N–H and O–H groups in total. The molecule has 4 nitrogen and oxygen atoms in total. The number of hydrogen-bond acceptors (Lipinski definition) is 3. The van der Waals surface area contributed by atoms with Crippen LogP contribution in [0, 0.1) is 0 Å². The lowest BCUT2D eigenvalue weighted by Gasteiger charge is -2.16. The van der Waals surface area contributed by atoms with Crippen molar-refractivity contribution in [3.05, 3.63) is 111 Å². The summed E-state index contributed by atoms with van der Waals surface area (Å²) in [6.07, 6.45) is 0. The summed E-state index contributed by atoms with van der Waals surface area (Å²) in [5.74, 6) is -0.465. The van der Waals surface area contributed by atoms with E-state index in [4.69, 9.17) is 44.3 Å². The van der Waals surface area contributed by atoms with E-state index in [2.05, 4.69) is 0 Å². The Morgan fingerprint density at radius 1 is 0.848 bits per heavy atom. The number of ether oxygens (including phenoxy) is 2. The number of aromatic nitrogens is 1. The van der Waals surface area contributed by atoms with Crippen molar-refractivity contribution in [1.82, 2.24) is 4.57 Å². The molecule has 0 spiro atoms. The van der Waals surface area contributed by atoms with Gasteiger partial charge in [-0.15, -0.1) is 0 Å². The van der Waals surface area contributed by atoms with Gasteiger partial charge in [-0.25, -0.2) is 4.79 Å². The maximum atomic E-state index is 12.7. The molecule has 4 aromatic rings. The van der Waals surface area contributed by atoms with E-state index in [-0.39, 0.29) is 6.61 Å². The summed E-state index contributed by atoms with van der Waals surface area (Å²) < 4.78 is 13.0. The van der Waals surface area contributed by atoms with Crippen molar-refractivity contribution in [3.8, 4) is 16.9 Å². The van der Waals surface area contributed by atoms with Crippen molar-refractivity contribution in [2.45, 2.75) is 13.2 Å². The number of rotatable bonds is 7. The van der Waals surface area contributed by atoms with E-state index >= 15 is 0 Å². The third-order valence-corrected chi connectivity index (χ3v) is 5.95. The molecular weight excluding hydrogens is 481 g/mol. The first-order valence-corrected chi connectivity index (χ1v) is 11.3. The highest BCUT2D eigenvalue weighted by molar-refractivity contribution is 6.36. The molecule has 0 atom stereocenters. The van der Waals surface area contributed by atoms with Crippen LogP contribution in [0.3, 0.4) is 0 Å². The average Bonchev–Trinajstić information content (AvgIpc) is 3.19. The number of methoxy groups -OCH3 is 1. The van der Waals surface area contributed by atoms with Gasteiger partial charge in [-0.2, -0.15) is 0 Å². The number of nitrogens with zero attached hydrogens (tertiary/aromatic N) is 1. The lowest BCUT2D eigenvalue weighted by atomic mass is 10.1. The van der Waals surface area contributed by atoms with Gasteiger partial charge in [0.2, 0.25) is 0 Å². The van der Waals surface area contributed by atoms with Crippen molar-refractivity contribution < 1.29 is 14.3 Å². The Morgan fingerprint density at radius 2 is 1.55 bits per heavy atom. The Hall–Kier alpha value is -2.76. The van der Waals surface area contributed by atoms with E-state index in [0.717, 1.165) is 16.8 Å². The van der Waals surface area contributed by atoms with Crippen LogP contribution >= 0.6 is 34.8 Å². The van der Waals surface area contributed by atoms with Crippen LogP contribution in [0.15, 0.2) is 78.9 Å². The Morgan fingerprint density at radius 3 is 2.21 bits per heavy atom. The fraction of sp³-hybridized carbons (Fsp3) is 0.115. The third kappa shape index (κ3) is 5.26. The molecule has 3 aromatic carbocycles. The van der Waals surface area contributed by atoms with Crippen molar-refractivity contribution in [2.24, 2.45) is 0 Å². The van der Waals surface area contributed by atoms with Gasteiger partial charge in [0.1, 0.15) is 0 Å². The maximum absolute atomic E-state index is 12.7. The molecule has 7 heteroatoms. The second-order valence-electron chi connectivity index (χ2n) is 7.30. The molecule has 1 heterocycles. The zero-order chi connectivity index (χ0) is 23.4. The number of halogens is 3. The molecule has 0 aliphatic rings. The minimum Gasteiger partial charge on any atom is -0.465 e. The molecule has 1 aromatic heterocycles. The molecule has 33 heavy (non-hydrogen) atoms. The van der Waals surface area contributed by atoms with Crippen molar-refractivity contribution in [2.75, 3.05) is 7.11 Å². The van der Waals surface area contributed by atoms with Crippen LogP contribution in [0.25, 0.3) is 16.9 Å². The lowest BCUT2D eigenvalue weighted by Crippen LogP contribution is -2.10. The zero-order valence-electron chi connectivity index (χ0n) is 17.7. The summed E-state index contributed by atoms with van der Waals surface area (Å²) in [6.45, 7) is 0.567. The molecule has 0 bridgehead atoms. The minimum atomic E-state index is -0.465. The average molecular weight is 501 g/mol. The molecular formula is C26H20Cl3NO3. The van der Waals surface area contributed by atoms with Gasteiger partial charge < -0.3 is 14.0 Å². The summed E-state index contributed by atoms with van der Waals surface area (Å²) in [5, 5.41) is 1.59. The normalized spacial score (nSPS) is 10.9. The van der Waals surface area contributed by atoms with Gasteiger partial charge in [-0.1, -0.05) is 65.1 Å². The predicted molar refractivity (Wildman–Crippen MR) is 133 cm³/mol. The van der Waals surface area contributed by atoms with Gasteiger partial charge >= 0.3 is 5.97 Å². The van der Waals surface area contributed by atoms with E-state index in [0.29, 0.717) is 38.6 Å². The van der Waals surface area contributed by atoms with Crippen molar-refractivity contribution >= 4 is 40.8 Å². The molecule has 0 saturated carbocycles. The van der Waals surface area contributed by atoms with Crippen LogP contribution < -0.4 is 0 Å². The molecule has 4 rings (SSSR count). The smallest absolute Gasteiger partial charge is 0.339 e. The van der Waals surface area contributed by atoms with E-state index in [1.54, 1.807) is 30.3 Å². The maximum Gasteiger partial charge on any atom is 0.339 e. The van der Waals surface area contributed by atoms with Gasteiger partial charge in [-0.05, 0) is 54.1 Å². The van der Waals surface area contributed by atoms with Crippen LogP contribution in [0.4, 0.5) is 0 Å². The highest BCUT2D eigenvalue weighted by Gasteiger charge is 2.24. The molecule has 0 aliphatic carbocycles.